The molecule has 0 atom stereocenters. The Morgan fingerprint density at radius 3 is 2.82 bits per heavy atom. The van der Waals surface area contributed by atoms with Crippen molar-refractivity contribution in [2.24, 2.45) is 0 Å². The number of anilines is 1. The third kappa shape index (κ3) is 5.49. The minimum atomic E-state index is 0.576. The molecule has 0 fully saturated rings. The van der Waals surface area contributed by atoms with Crippen LogP contribution in [0.2, 0.25) is 0 Å². The van der Waals surface area contributed by atoms with Crippen LogP contribution in [-0.4, -0.2) is 36.8 Å². The number of hydrogen-bond acceptors (Lipinski definition) is 5. The molecular formula is C12H21N3O2. The number of nitrogens with one attached hydrogen (secondary N) is 1. The van der Waals surface area contributed by atoms with E-state index in [0.717, 1.165) is 25.1 Å². The van der Waals surface area contributed by atoms with Gasteiger partial charge < -0.3 is 14.8 Å². The molecule has 0 saturated carbocycles. The summed E-state index contributed by atoms with van der Waals surface area (Å²) in [5.74, 6) is 1.16. The van der Waals surface area contributed by atoms with Gasteiger partial charge in [-0.25, -0.2) is 4.98 Å². The van der Waals surface area contributed by atoms with E-state index in [9.17, 15) is 0 Å². The van der Waals surface area contributed by atoms with E-state index in [0.29, 0.717) is 25.0 Å². The Hall–Kier alpha value is -1.36. The van der Waals surface area contributed by atoms with Crippen molar-refractivity contribution in [1.29, 1.82) is 0 Å². The van der Waals surface area contributed by atoms with Crippen LogP contribution in [-0.2, 0) is 4.74 Å². The molecule has 0 aliphatic rings. The van der Waals surface area contributed by atoms with E-state index in [1.54, 1.807) is 13.2 Å². The summed E-state index contributed by atoms with van der Waals surface area (Å²) in [4.78, 5) is 8.44. The van der Waals surface area contributed by atoms with E-state index in [1.807, 2.05) is 6.92 Å². The quantitative estimate of drug-likeness (QED) is 0.703. The average molecular weight is 239 g/mol. The first-order chi connectivity index (χ1) is 8.26. The van der Waals surface area contributed by atoms with Crippen molar-refractivity contribution in [3.63, 3.8) is 0 Å². The van der Waals surface area contributed by atoms with Gasteiger partial charge in [-0.15, -0.1) is 0 Å². The molecule has 1 N–H and O–H groups in total. The fourth-order valence-electron chi connectivity index (χ4n) is 1.31. The highest BCUT2D eigenvalue weighted by molar-refractivity contribution is 5.30. The van der Waals surface area contributed by atoms with Gasteiger partial charge in [0.15, 0.2) is 0 Å². The molecule has 5 nitrogen and oxygen atoms in total. The summed E-state index contributed by atoms with van der Waals surface area (Å²) in [7, 11) is 1.60. The maximum Gasteiger partial charge on any atom is 0.226 e. The number of methoxy groups -OCH3 is 1. The number of aryl methyl sites for hydroxylation is 1. The standard InChI is InChI=1S/C12H21N3O2/c1-4-5-7-17-8-6-13-12-14-10(2)9-11(15-12)16-3/h9H,4-8H2,1-3H3,(H,13,14,15). The molecule has 1 rings (SSSR count). The van der Waals surface area contributed by atoms with Crippen LogP contribution >= 0.6 is 0 Å². The van der Waals surface area contributed by atoms with Crippen molar-refractivity contribution in [3.8, 4) is 5.88 Å². The molecule has 0 aromatic carbocycles. The van der Waals surface area contributed by atoms with Crippen molar-refractivity contribution in [2.45, 2.75) is 26.7 Å². The first-order valence-corrected chi connectivity index (χ1v) is 5.97. The monoisotopic (exact) mass is 239 g/mol. The minimum Gasteiger partial charge on any atom is -0.481 e. The molecule has 1 heterocycles. The number of rotatable bonds is 8. The molecule has 0 spiro atoms. The van der Waals surface area contributed by atoms with Gasteiger partial charge in [-0.1, -0.05) is 13.3 Å². The largest absolute Gasteiger partial charge is 0.481 e. The molecular weight excluding hydrogens is 218 g/mol. The molecule has 0 radical (unpaired) electrons. The highest BCUT2D eigenvalue weighted by Crippen LogP contribution is 2.10. The molecule has 0 amide bonds. The Morgan fingerprint density at radius 1 is 1.29 bits per heavy atom. The summed E-state index contributed by atoms with van der Waals surface area (Å²) >= 11 is 0. The number of ether oxygens (including phenoxy) is 2. The van der Waals surface area contributed by atoms with E-state index < -0.39 is 0 Å². The summed E-state index contributed by atoms with van der Waals surface area (Å²) in [5, 5.41) is 3.11. The fourth-order valence-corrected chi connectivity index (χ4v) is 1.31. The van der Waals surface area contributed by atoms with E-state index in [4.69, 9.17) is 9.47 Å². The summed E-state index contributed by atoms with van der Waals surface area (Å²) in [6.07, 6.45) is 2.26. The van der Waals surface area contributed by atoms with Gasteiger partial charge in [0.25, 0.3) is 0 Å². The van der Waals surface area contributed by atoms with Crippen molar-refractivity contribution >= 4 is 5.95 Å². The lowest BCUT2D eigenvalue weighted by Crippen LogP contribution is -2.12. The van der Waals surface area contributed by atoms with Gasteiger partial charge in [0.05, 0.1) is 13.7 Å². The molecule has 17 heavy (non-hydrogen) atoms. The Bertz CT molecular complexity index is 332. The molecule has 1 aromatic heterocycles. The zero-order valence-corrected chi connectivity index (χ0v) is 10.8. The van der Waals surface area contributed by atoms with Crippen LogP contribution < -0.4 is 10.1 Å². The SMILES string of the molecule is CCCCOCCNc1nc(C)cc(OC)n1. The zero-order chi connectivity index (χ0) is 12.5. The van der Waals surface area contributed by atoms with Crippen molar-refractivity contribution in [3.05, 3.63) is 11.8 Å². The van der Waals surface area contributed by atoms with Crippen LogP contribution in [0, 0.1) is 6.92 Å². The highest BCUT2D eigenvalue weighted by atomic mass is 16.5. The van der Waals surface area contributed by atoms with Gasteiger partial charge in [-0.3, -0.25) is 0 Å². The number of unbranched alkanes of at least 4 members (excludes halogenated alkanes) is 1. The number of nitrogens with zero attached hydrogens (tertiary/aromatic N) is 2. The third-order valence-corrected chi connectivity index (χ3v) is 2.21. The fraction of sp³-hybridized carbons (Fsp3) is 0.667. The zero-order valence-electron chi connectivity index (χ0n) is 10.8. The van der Waals surface area contributed by atoms with E-state index in [2.05, 4.69) is 22.2 Å². The lowest BCUT2D eigenvalue weighted by Gasteiger charge is -2.07. The maximum absolute atomic E-state index is 5.43. The van der Waals surface area contributed by atoms with Gasteiger partial charge in [0.1, 0.15) is 0 Å². The Balaban J connectivity index is 2.28. The molecule has 0 aliphatic carbocycles. The van der Waals surface area contributed by atoms with E-state index in [1.165, 1.54) is 0 Å². The lowest BCUT2D eigenvalue weighted by atomic mass is 10.4. The predicted octanol–water partition coefficient (Wildman–Crippen LogP) is 2.02. The Morgan fingerprint density at radius 2 is 2.12 bits per heavy atom. The highest BCUT2D eigenvalue weighted by Gasteiger charge is 2.01. The number of hydrogen-bond donors (Lipinski definition) is 1. The first kappa shape index (κ1) is 13.7. The van der Waals surface area contributed by atoms with Crippen LogP contribution in [0.15, 0.2) is 6.07 Å². The minimum absolute atomic E-state index is 0.576. The second-order valence-corrected chi connectivity index (χ2v) is 3.77. The van der Waals surface area contributed by atoms with Gasteiger partial charge in [-0.2, -0.15) is 4.98 Å². The second kappa shape index (κ2) is 7.84. The first-order valence-electron chi connectivity index (χ1n) is 5.97. The van der Waals surface area contributed by atoms with Crippen LogP contribution in [0.4, 0.5) is 5.95 Å². The molecule has 0 bridgehead atoms. The average Bonchev–Trinajstić information content (AvgIpc) is 2.33. The van der Waals surface area contributed by atoms with Gasteiger partial charge in [-0.05, 0) is 13.3 Å². The van der Waals surface area contributed by atoms with Gasteiger partial charge >= 0.3 is 0 Å². The van der Waals surface area contributed by atoms with Crippen molar-refractivity contribution < 1.29 is 9.47 Å². The molecule has 5 heteroatoms. The van der Waals surface area contributed by atoms with Crippen molar-refractivity contribution in [2.75, 3.05) is 32.2 Å². The van der Waals surface area contributed by atoms with Crippen LogP contribution in [0.5, 0.6) is 5.88 Å². The predicted molar refractivity (Wildman–Crippen MR) is 67.5 cm³/mol. The Kier molecular flexibility index (Phi) is 6.32. The summed E-state index contributed by atoms with van der Waals surface area (Å²) < 4.78 is 10.5. The molecule has 1 aromatic rings. The molecule has 96 valence electrons. The van der Waals surface area contributed by atoms with Crippen LogP contribution in [0.1, 0.15) is 25.5 Å². The number of aromatic nitrogens is 2. The van der Waals surface area contributed by atoms with E-state index >= 15 is 0 Å². The summed E-state index contributed by atoms with van der Waals surface area (Å²) in [5.41, 5.74) is 0.881. The summed E-state index contributed by atoms with van der Waals surface area (Å²) in [6.45, 7) is 6.24. The molecule has 0 saturated heterocycles. The molecule has 0 aliphatic heterocycles. The van der Waals surface area contributed by atoms with Crippen LogP contribution in [0.25, 0.3) is 0 Å². The maximum atomic E-state index is 5.43. The normalized spacial score (nSPS) is 10.3. The Labute approximate surface area is 103 Å². The van der Waals surface area contributed by atoms with Gasteiger partial charge in [0.2, 0.25) is 11.8 Å². The topological polar surface area (TPSA) is 56.3 Å². The second-order valence-electron chi connectivity index (χ2n) is 3.77. The van der Waals surface area contributed by atoms with Crippen molar-refractivity contribution in [1.82, 2.24) is 9.97 Å². The van der Waals surface area contributed by atoms with E-state index in [-0.39, 0.29) is 0 Å². The summed E-state index contributed by atoms with van der Waals surface area (Å²) in [6, 6.07) is 1.79. The van der Waals surface area contributed by atoms with Gasteiger partial charge in [0, 0.05) is 24.9 Å². The van der Waals surface area contributed by atoms with Crippen LogP contribution in [0.3, 0.4) is 0 Å². The third-order valence-electron chi connectivity index (χ3n) is 2.21. The molecule has 0 unspecified atom stereocenters. The smallest absolute Gasteiger partial charge is 0.226 e. The lowest BCUT2D eigenvalue weighted by molar-refractivity contribution is 0.141.